The van der Waals surface area contributed by atoms with E-state index >= 15 is 0 Å². The summed E-state index contributed by atoms with van der Waals surface area (Å²) in [6, 6.07) is 1.79. The van der Waals surface area contributed by atoms with Crippen molar-refractivity contribution in [2.45, 2.75) is 44.6 Å². The number of nitrogens with one attached hydrogen (secondary N) is 1. The molecule has 0 saturated carbocycles. The van der Waals surface area contributed by atoms with Crippen molar-refractivity contribution >= 4 is 41.3 Å². The SMILES string of the molecule is CC(C)(C)OC=O.COc1c(C(C)Cl)cc(Cl)c(Cl)c1C1CNC1. The topological polar surface area (TPSA) is 47.6 Å². The van der Waals surface area contributed by atoms with Crippen molar-refractivity contribution in [3.63, 3.8) is 0 Å². The summed E-state index contributed by atoms with van der Waals surface area (Å²) in [6.45, 7) is 9.61. The molecule has 7 heteroatoms. The van der Waals surface area contributed by atoms with Crippen LogP contribution in [0.4, 0.5) is 0 Å². The molecule has 1 saturated heterocycles. The summed E-state index contributed by atoms with van der Waals surface area (Å²) in [5, 5.41) is 4.17. The highest BCUT2D eigenvalue weighted by Gasteiger charge is 2.29. The van der Waals surface area contributed by atoms with E-state index in [2.05, 4.69) is 10.1 Å². The number of hydrogen-bond acceptors (Lipinski definition) is 4. The van der Waals surface area contributed by atoms with Crippen molar-refractivity contribution in [2.24, 2.45) is 0 Å². The third-order valence-corrected chi connectivity index (χ3v) is 4.50. The summed E-state index contributed by atoms with van der Waals surface area (Å²) in [4.78, 5) is 9.60. The van der Waals surface area contributed by atoms with E-state index in [4.69, 9.17) is 39.5 Å². The number of carbonyl (C=O) groups is 1. The van der Waals surface area contributed by atoms with Crippen LogP contribution in [-0.2, 0) is 9.53 Å². The summed E-state index contributed by atoms with van der Waals surface area (Å²) < 4.78 is 10.0. The van der Waals surface area contributed by atoms with Crippen LogP contribution in [0.1, 0.15) is 50.1 Å². The first-order valence-corrected chi connectivity index (χ1v) is 8.83. The van der Waals surface area contributed by atoms with E-state index in [1.54, 1.807) is 13.2 Å². The largest absolute Gasteiger partial charge is 0.496 e. The van der Waals surface area contributed by atoms with E-state index in [9.17, 15) is 4.79 Å². The predicted molar refractivity (Wildman–Crippen MR) is 99.8 cm³/mol. The van der Waals surface area contributed by atoms with Gasteiger partial charge in [-0.2, -0.15) is 0 Å². The molecule has 1 atom stereocenters. The molecule has 1 aromatic carbocycles. The third-order valence-electron chi connectivity index (χ3n) is 3.46. The van der Waals surface area contributed by atoms with Crippen LogP contribution in [0.3, 0.4) is 0 Å². The molecule has 0 amide bonds. The second kappa shape index (κ2) is 9.14. The molecule has 0 radical (unpaired) electrons. The molecule has 4 nitrogen and oxygen atoms in total. The summed E-state index contributed by atoms with van der Waals surface area (Å²) in [5.74, 6) is 1.12. The minimum Gasteiger partial charge on any atom is -0.496 e. The lowest BCUT2D eigenvalue weighted by Gasteiger charge is -2.31. The van der Waals surface area contributed by atoms with Crippen LogP contribution in [0.5, 0.6) is 5.75 Å². The van der Waals surface area contributed by atoms with Gasteiger partial charge in [0.25, 0.3) is 6.47 Å². The zero-order valence-corrected chi connectivity index (χ0v) is 16.9. The highest BCUT2D eigenvalue weighted by Crippen LogP contribution is 2.44. The summed E-state index contributed by atoms with van der Waals surface area (Å²) in [5.41, 5.74) is 1.55. The standard InChI is InChI=1S/C12H14Cl3NO.C5H10O2/c1-6(13)8-3-9(14)11(15)10(12(8)17-2)7-4-16-5-7;1-5(2,3)7-4-6/h3,6-7,16H,4-5H2,1-2H3;4H,1-3H3. The maximum atomic E-state index is 9.60. The summed E-state index contributed by atoms with van der Waals surface area (Å²) >= 11 is 18.6. The Labute approximate surface area is 158 Å². The monoisotopic (exact) mass is 395 g/mol. The molecule has 1 heterocycles. The number of rotatable bonds is 4. The molecular weight excluding hydrogens is 373 g/mol. The Hall–Kier alpha value is -0.680. The number of ether oxygens (including phenoxy) is 2. The number of halogens is 3. The van der Waals surface area contributed by atoms with Crippen molar-refractivity contribution in [3.05, 3.63) is 27.2 Å². The minimum atomic E-state index is -0.318. The zero-order valence-electron chi connectivity index (χ0n) is 14.6. The van der Waals surface area contributed by atoms with Crippen LogP contribution in [0.2, 0.25) is 10.0 Å². The molecule has 0 bridgehead atoms. The van der Waals surface area contributed by atoms with E-state index in [0.29, 0.717) is 22.4 Å². The Morgan fingerprint density at radius 1 is 1.33 bits per heavy atom. The molecule has 2 rings (SSSR count). The van der Waals surface area contributed by atoms with Gasteiger partial charge in [-0.05, 0) is 33.8 Å². The van der Waals surface area contributed by atoms with Gasteiger partial charge in [-0.3, -0.25) is 4.79 Å². The van der Waals surface area contributed by atoms with Crippen LogP contribution < -0.4 is 10.1 Å². The van der Waals surface area contributed by atoms with Gasteiger partial charge in [0.05, 0.1) is 22.5 Å². The molecule has 0 aromatic heterocycles. The fraction of sp³-hybridized carbons (Fsp3) is 0.588. The summed E-state index contributed by atoms with van der Waals surface area (Å²) in [6.07, 6.45) is 0. The zero-order chi connectivity index (χ0) is 18.5. The molecule has 1 fully saturated rings. The van der Waals surface area contributed by atoms with Gasteiger partial charge in [-0.1, -0.05) is 23.2 Å². The molecule has 136 valence electrons. The predicted octanol–water partition coefficient (Wildman–Crippen LogP) is 4.95. The Morgan fingerprint density at radius 2 is 1.92 bits per heavy atom. The van der Waals surface area contributed by atoms with Gasteiger partial charge in [0.2, 0.25) is 0 Å². The van der Waals surface area contributed by atoms with Gasteiger partial charge >= 0.3 is 0 Å². The fourth-order valence-corrected chi connectivity index (χ4v) is 2.85. The Morgan fingerprint density at radius 3 is 2.21 bits per heavy atom. The highest BCUT2D eigenvalue weighted by atomic mass is 35.5. The van der Waals surface area contributed by atoms with Crippen molar-refractivity contribution in [1.29, 1.82) is 0 Å². The van der Waals surface area contributed by atoms with Gasteiger partial charge in [0, 0.05) is 30.1 Å². The molecule has 24 heavy (non-hydrogen) atoms. The number of methoxy groups -OCH3 is 1. The number of benzene rings is 1. The van der Waals surface area contributed by atoms with Crippen molar-refractivity contribution in [3.8, 4) is 5.75 Å². The lowest BCUT2D eigenvalue weighted by Crippen LogP contribution is -2.40. The first kappa shape index (κ1) is 21.4. The Kier molecular flexibility index (Phi) is 8.13. The maximum Gasteiger partial charge on any atom is 0.293 e. The second-order valence-electron chi connectivity index (χ2n) is 6.51. The molecule has 1 unspecified atom stereocenters. The van der Waals surface area contributed by atoms with E-state index in [0.717, 1.165) is 30.0 Å². The third kappa shape index (κ3) is 5.69. The lowest BCUT2D eigenvalue weighted by atomic mass is 9.90. The first-order valence-electron chi connectivity index (χ1n) is 7.64. The summed E-state index contributed by atoms with van der Waals surface area (Å²) in [7, 11) is 1.64. The number of carbonyl (C=O) groups excluding carboxylic acids is 1. The van der Waals surface area contributed by atoms with E-state index in [-0.39, 0.29) is 11.0 Å². The van der Waals surface area contributed by atoms with Gasteiger partial charge in [-0.15, -0.1) is 11.6 Å². The highest BCUT2D eigenvalue weighted by molar-refractivity contribution is 6.42. The Bertz CT molecular complexity index is 567. The van der Waals surface area contributed by atoms with Crippen LogP contribution in [0.15, 0.2) is 6.07 Å². The smallest absolute Gasteiger partial charge is 0.293 e. The fourth-order valence-electron chi connectivity index (χ4n) is 2.17. The molecule has 1 aromatic rings. The quantitative estimate of drug-likeness (QED) is 0.578. The first-order chi connectivity index (χ1) is 11.1. The molecule has 0 aliphatic carbocycles. The van der Waals surface area contributed by atoms with Crippen LogP contribution in [0, 0.1) is 0 Å². The molecule has 0 spiro atoms. The molecule has 1 aliphatic heterocycles. The average molecular weight is 397 g/mol. The average Bonchev–Trinajstić information content (AvgIpc) is 2.40. The van der Waals surface area contributed by atoms with Crippen molar-refractivity contribution in [1.82, 2.24) is 5.32 Å². The van der Waals surface area contributed by atoms with Crippen LogP contribution >= 0.6 is 34.8 Å². The second-order valence-corrected chi connectivity index (χ2v) is 7.95. The lowest BCUT2D eigenvalue weighted by molar-refractivity contribution is -0.138. The van der Waals surface area contributed by atoms with Crippen molar-refractivity contribution < 1.29 is 14.3 Å². The molecular formula is C17H24Cl3NO3. The molecule has 1 aliphatic rings. The van der Waals surface area contributed by atoms with Gasteiger partial charge in [0.1, 0.15) is 11.4 Å². The normalized spacial score (nSPS) is 15.7. The van der Waals surface area contributed by atoms with Crippen molar-refractivity contribution in [2.75, 3.05) is 20.2 Å². The van der Waals surface area contributed by atoms with Gasteiger partial charge < -0.3 is 14.8 Å². The Balaban J connectivity index is 0.000000351. The number of alkyl halides is 1. The number of hydrogen-bond donors (Lipinski definition) is 1. The van der Waals surface area contributed by atoms with E-state index < -0.39 is 0 Å². The molecule has 1 N–H and O–H groups in total. The van der Waals surface area contributed by atoms with Crippen LogP contribution in [-0.4, -0.2) is 32.3 Å². The van der Waals surface area contributed by atoms with E-state index in [1.165, 1.54) is 0 Å². The minimum absolute atomic E-state index is 0.161. The maximum absolute atomic E-state index is 9.60. The van der Waals surface area contributed by atoms with Gasteiger partial charge in [0.15, 0.2) is 0 Å². The van der Waals surface area contributed by atoms with Crippen LogP contribution in [0.25, 0.3) is 0 Å². The van der Waals surface area contributed by atoms with E-state index in [1.807, 2.05) is 27.7 Å². The van der Waals surface area contributed by atoms with Gasteiger partial charge in [-0.25, -0.2) is 0 Å².